The van der Waals surface area contributed by atoms with Crippen LogP contribution in [0.15, 0.2) is 63.5 Å². The van der Waals surface area contributed by atoms with Crippen molar-refractivity contribution in [1.29, 1.82) is 0 Å². The fourth-order valence-corrected chi connectivity index (χ4v) is 4.46. The number of aromatic nitrogens is 1. The molecule has 2 aromatic heterocycles. The third-order valence-corrected chi connectivity index (χ3v) is 6.32. The molecule has 0 aliphatic carbocycles. The van der Waals surface area contributed by atoms with E-state index in [9.17, 15) is 0 Å². The van der Waals surface area contributed by atoms with Gasteiger partial charge in [0, 0.05) is 30.6 Å². The van der Waals surface area contributed by atoms with E-state index >= 15 is 0 Å². The van der Waals surface area contributed by atoms with Gasteiger partial charge in [0.25, 0.3) is 0 Å². The number of oxazole rings is 1. The molecular weight excluding hydrogens is 394 g/mol. The van der Waals surface area contributed by atoms with Gasteiger partial charge in [-0.05, 0) is 55.4 Å². The first kappa shape index (κ1) is 20.6. The van der Waals surface area contributed by atoms with Gasteiger partial charge in [0.2, 0.25) is 5.89 Å². The second kappa shape index (κ2) is 10.4. The standard InChI is InChI=1S/C23H29N5OS/c1-24-23(26-15-20-17-29-22(27-20)19-6-3-2-4-7-19)25-14-18-9-11-28(12-10-18)16-21-8-5-13-30-21/h2-8,13,17-18H,9-12,14-16H2,1H3,(H2,24,25,26). The van der Waals surface area contributed by atoms with Crippen LogP contribution >= 0.6 is 11.3 Å². The summed E-state index contributed by atoms with van der Waals surface area (Å²) in [7, 11) is 1.80. The van der Waals surface area contributed by atoms with Crippen molar-refractivity contribution in [2.45, 2.75) is 25.9 Å². The zero-order valence-corrected chi connectivity index (χ0v) is 18.2. The lowest BCUT2D eigenvalue weighted by Crippen LogP contribution is -2.42. The van der Waals surface area contributed by atoms with Crippen LogP contribution in [0.2, 0.25) is 0 Å². The Labute approximate surface area is 182 Å². The van der Waals surface area contributed by atoms with Gasteiger partial charge in [-0.3, -0.25) is 9.89 Å². The highest BCUT2D eigenvalue weighted by molar-refractivity contribution is 7.09. The van der Waals surface area contributed by atoms with Crippen molar-refractivity contribution in [3.05, 3.63) is 64.7 Å². The van der Waals surface area contributed by atoms with Crippen molar-refractivity contribution < 1.29 is 4.42 Å². The molecule has 1 aromatic carbocycles. The second-order valence-corrected chi connectivity index (χ2v) is 8.65. The molecule has 4 rings (SSSR count). The monoisotopic (exact) mass is 423 g/mol. The number of hydrogen-bond acceptors (Lipinski definition) is 5. The Bertz CT molecular complexity index is 914. The average molecular weight is 424 g/mol. The Balaban J connectivity index is 1.18. The van der Waals surface area contributed by atoms with E-state index in [0.717, 1.165) is 43.4 Å². The fourth-order valence-electron chi connectivity index (χ4n) is 3.71. The minimum atomic E-state index is 0.579. The molecular formula is C23H29N5OS. The van der Waals surface area contributed by atoms with Gasteiger partial charge in [0.05, 0.1) is 12.2 Å². The third-order valence-electron chi connectivity index (χ3n) is 5.46. The Morgan fingerprint density at radius 3 is 2.73 bits per heavy atom. The molecule has 30 heavy (non-hydrogen) atoms. The van der Waals surface area contributed by atoms with Crippen molar-refractivity contribution in [3.63, 3.8) is 0 Å². The number of aliphatic imine (C=N–C) groups is 1. The molecule has 1 aliphatic heterocycles. The summed E-state index contributed by atoms with van der Waals surface area (Å²) in [5.74, 6) is 2.13. The topological polar surface area (TPSA) is 65.7 Å². The van der Waals surface area contributed by atoms with Crippen LogP contribution in [-0.4, -0.2) is 42.5 Å². The molecule has 3 heterocycles. The lowest BCUT2D eigenvalue weighted by Gasteiger charge is -2.32. The highest BCUT2D eigenvalue weighted by Gasteiger charge is 2.19. The van der Waals surface area contributed by atoms with Gasteiger partial charge < -0.3 is 15.1 Å². The molecule has 0 spiro atoms. The van der Waals surface area contributed by atoms with Crippen LogP contribution in [0, 0.1) is 5.92 Å². The van der Waals surface area contributed by atoms with E-state index in [4.69, 9.17) is 4.42 Å². The van der Waals surface area contributed by atoms with Crippen molar-refractivity contribution in [2.24, 2.45) is 10.9 Å². The number of benzene rings is 1. The summed E-state index contributed by atoms with van der Waals surface area (Å²) < 4.78 is 5.60. The average Bonchev–Trinajstić information content (AvgIpc) is 3.48. The number of likely N-dealkylation sites (tertiary alicyclic amines) is 1. The van der Waals surface area contributed by atoms with E-state index < -0.39 is 0 Å². The number of guanidine groups is 1. The predicted molar refractivity (Wildman–Crippen MR) is 122 cm³/mol. The van der Waals surface area contributed by atoms with Crippen molar-refractivity contribution in [3.8, 4) is 11.5 Å². The molecule has 158 valence electrons. The van der Waals surface area contributed by atoms with Gasteiger partial charge in [-0.15, -0.1) is 11.3 Å². The molecule has 1 fully saturated rings. The zero-order chi connectivity index (χ0) is 20.6. The SMILES string of the molecule is CN=C(NCc1coc(-c2ccccc2)n1)NCC1CCN(Cc2cccs2)CC1. The Morgan fingerprint density at radius 1 is 1.17 bits per heavy atom. The molecule has 0 unspecified atom stereocenters. The number of hydrogen-bond donors (Lipinski definition) is 2. The molecule has 0 atom stereocenters. The summed E-state index contributed by atoms with van der Waals surface area (Å²) in [6.45, 7) is 4.94. The summed E-state index contributed by atoms with van der Waals surface area (Å²) in [6.07, 6.45) is 4.14. The van der Waals surface area contributed by atoms with E-state index in [-0.39, 0.29) is 0 Å². The first-order valence-electron chi connectivity index (χ1n) is 10.5. The quantitative estimate of drug-likeness (QED) is 0.444. The van der Waals surface area contributed by atoms with Crippen LogP contribution in [-0.2, 0) is 13.1 Å². The summed E-state index contributed by atoms with van der Waals surface area (Å²) >= 11 is 1.85. The first-order valence-corrected chi connectivity index (χ1v) is 11.4. The predicted octanol–water partition coefficient (Wildman–Crippen LogP) is 3.98. The number of nitrogens with one attached hydrogen (secondary N) is 2. The summed E-state index contributed by atoms with van der Waals surface area (Å²) in [4.78, 5) is 12.9. The van der Waals surface area contributed by atoms with Gasteiger partial charge in [0.15, 0.2) is 5.96 Å². The number of thiophene rings is 1. The highest BCUT2D eigenvalue weighted by atomic mass is 32.1. The molecule has 0 bridgehead atoms. The van der Waals surface area contributed by atoms with Gasteiger partial charge in [-0.2, -0.15) is 0 Å². The van der Waals surface area contributed by atoms with Gasteiger partial charge in [-0.25, -0.2) is 4.98 Å². The van der Waals surface area contributed by atoms with Gasteiger partial charge in [0.1, 0.15) is 6.26 Å². The van der Waals surface area contributed by atoms with Gasteiger partial charge in [-0.1, -0.05) is 24.3 Å². The van der Waals surface area contributed by atoms with Crippen LogP contribution in [0.5, 0.6) is 0 Å². The molecule has 3 aromatic rings. The second-order valence-electron chi connectivity index (χ2n) is 7.62. The number of piperidine rings is 1. The molecule has 1 saturated heterocycles. The van der Waals surface area contributed by atoms with Crippen LogP contribution in [0.1, 0.15) is 23.4 Å². The minimum Gasteiger partial charge on any atom is -0.444 e. The maximum absolute atomic E-state index is 5.60. The maximum atomic E-state index is 5.60. The molecule has 1 aliphatic rings. The highest BCUT2D eigenvalue weighted by Crippen LogP contribution is 2.20. The molecule has 2 N–H and O–H groups in total. The maximum Gasteiger partial charge on any atom is 0.226 e. The third kappa shape index (κ3) is 5.70. The summed E-state index contributed by atoms with van der Waals surface area (Å²) in [6, 6.07) is 14.3. The minimum absolute atomic E-state index is 0.579. The largest absolute Gasteiger partial charge is 0.444 e. The van der Waals surface area contributed by atoms with E-state index in [1.165, 1.54) is 17.7 Å². The molecule has 0 amide bonds. The van der Waals surface area contributed by atoms with Crippen molar-refractivity contribution in [2.75, 3.05) is 26.7 Å². The Hall–Kier alpha value is -2.64. The van der Waals surface area contributed by atoms with Crippen LogP contribution in [0.25, 0.3) is 11.5 Å². The lowest BCUT2D eigenvalue weighted by molar-refractivity contribution is 0.179. The van der Waals surface area contributed by atoms with Crippen LogP contribution in [0.3, 0.4) is 0 Å². The van der Waals surface area contributed by atoms with Crippen molar-refractivity contribution in [1.82, 2.24) is 20.5 Å². The molecule has 0 saturated carbocycles. The van der Waals surface area contributed by atoms with E-state index in [2.05, 4.69) is 43.0 Å². The van der Waals surface area contributed by atoms with E-state index in [1.54, 1.807) is 13.3 Å². The zero-order valence-electron chi connectivity index (χ0n) is 17.4. The van der Waals surface area contributed by atoms with E-state index in [0.29, 0.717) is 18.4 Å². The fraction of sp³-hybridized carbons (Fsp3) is 0.391. The summed E-state index contributed by atoms with van der Waals surface area (Å²) in [5, 5.41) is 8.97. The van der Waals surface area contributed by atoms with Crippen LogP contribution < -0.4 is 10.6 Å². The molecule has 6 nitrogen and oxygen atoms in total. The van der Waals surface area contributed by atoms with Crippen molar-refractivity contribution >= 4 is 17.3 Å². The Morgan fingerprint density at radius 2 is 2.00 bits per heavy atom. The van der Waals surface area contributed by atoms with E-state index in [1.807, 2.05) is 41.7 Å². The number of nitrogens with zero attached hydrogens (tertiary/aromatic N) is 3. The Kier molecular flexibility index (Phi) is 7.16. The van der Waals surface area contributed by atoms with Gasteiger partial charge >= 0.3 is 0 Å². The molecule has 7 heteroatoms. The lowest BCUT2D eigenvalue weighted by atomic mass is 9.97. The normalized spacial score (nSPS) is 16.0. The number of rotatable bonds is 7. The molecule has 0 radical (unpaired) electrons. The summed E-state index contributed by atoms with van der Waals surface area (Å²) in [5.41, 5.74) is 1.84. The first-order chi connectivity index (χ1) is 14.8. The smallest absolute Gasteiger partial charge is 0.226 e. The van der Waals surface area contributed by atoms with Crippen LogP contribution in [0.4, 0.5) is 0 Å².